The molecule has 0 aliphatic carbocycles. The largest absolute Gasteiger partial charge is 0.519 e. The molecule has 2 N–H and O–H groups in total. The third-order valence-corrected chi connectivity index (χ3v) is 6.17. The van der Waals surface area contributed by atoms with Gasteiger partial charge < -0.3 is 33.7 Å². The summed E-state index contributed by atoms with van der Waals surface area (Å²) >= 11 is 0. The summed E-state index contributed by atoms with van der Waals surface area (Å²) in [6, 6.07) is 15.6. The number of hydrogen-bond acceptors (Lipinski definition) is 9. The van der Waals surface area contributed by atoms with E-state index in [0.717, 1.165) is 5.56 Å². The molecule has 0 aliphatic heterocycles. The van der Waals surface area contributed by atoms with E-state index in [1.165, 1.54) is 14.0 Å². The van der Waals surface area contributed by atoms with Crippen molar-refractivity contribution in [1.29, 1.82) is 0 Å². The summed E-state index contributed by atoms with van der Waals surface area (Å²) in [6.07, 6.45) is 0.781. The second kappa shape index (κ2) is 15.2. The molecule has 40 heavy (non-hydrogen) atoms. The number of rotatable bonds is 15. The molecule has 2 amide bonds. The molecule has 0 saturated heterocycles. The van der Waals surface area contributed by atoms with Gasteiger partial charge in [-0.15, -0.1) is 0 Å². The zero-order chi connectivity index (χ0) is 28.9. The Hall–Kier alpha value is -4.54. The van der Waals surface area contributed by atoms with Crippen LogP contribution in [0.25, 0.3) is 0 Å². The van der Waals surface area contributed by atoms with Crippen molar-refractivity contribution in [3.05, 3.63) is 82.3 Å². The minimum atomic E-state index is -0.892. The zero-order valence-corrected chi connectivity index (χ0v) is 22.8. The number of aryl methyl sites for hydroxylation is 1. The van der Waals surface area contributed by atoms with Crippen molar-refractivity contribution < 1.29 is 37.4 Å². The average Bonchev–Trinajstić information content (AvgIpc) is 3.29. The highest BCUT2D eigenvalue weighted by Gasteiger charge is 2.28. The van der Waals surface area contributed by atoms with E-state index in [2.05, 4.69) is 10.6 Å². The van der Waals surface area contributed by atoms with Crippen molar-refractivity contribution in [2.24, 2.45) is 5.92 Å². The molecule has 1 aromatic heterocycles. The zero-order valence-electron chi connectivity index (χ0n) is 22.8. The Kier molecular flexibility index (Phi) is 11.4. The fourth-order valence-electron chi connectivity index (χ4n) is 3.95. The molecule has 3 rings (SSSR count). The topological polar surface area (TPSA) is 146 Å². The average molecular weight is 555 g/mol. The van der Waals surface area contributed by atoms with Crippen LogP contribution in [-0.4, -0.2) is 44.6 Å². The van der Waals surface area contributed by atoms with Crippen LogP contribution in [0.2, 0.25) is 0 Å². The first-order chi connectivity index (χ1) is 19.3. The molecule has 11 heteroatoms. The monoisotopic (exact) mass is 554 g/mol. The maximum atomic E-state index is 13.3. The van der Waals surface area contributed by atoms with E-state index in [1.54, 1.807) is 31.4 Å². The van der Waals surface area contributed by atoms with Gasteiger partial charge in [-0.2, -0.15) is 0 Å². The van der Waals surface area contributed by atoms with Crippen molar-refractivity contribution in [1.82, 2.24) is 10.6 Å². The Labute approximate surface area is 231 Å². The maximum Gasteiger partial charge on any atom is 0.519 e. The van der Waals surface area contributed by atoms with Crippen molar-refractivity contribution in [2.75, 3.05) is 20.8 Å². The third kappa shape index (κ3) is 9.33. The van der Waals surface area contributed by atoms with Crippen LogP contribution in [0.15, 0.2) is 68.2 Å². The van der Waals surface area contributed by atoms with Crippen LogP contribution < -0.4 is 25.9 Å². The van der Waals surface area contributed by atoms with Gasteiger partial charge in [-0.05, 0) is 49.6 Å². The van der Waals surface area contributed by atoms with Crippen LogP contribution >= 0.6 is 0 Å². The lowest BCUT2D eigenvalue weighted by molar-refractivity contribution is -0.149. The smallest absolute Gasteiger partial charge is 0.497 e. The number of esters is 1. The Bertz CT molecular complexity index is 1300. The van der Waals surface area contributed by atoms with Gasteiger partial charge in [-0.3, -0.25) is 14.4 Å². The third-order valence-electron chi connectivity index (χ3n) is 6.17. The standard InChI is InChI=1S/C29H34N2O9/c1-19-25(40-29(35)39-19)18-38-26(32)17-21(10-7-15-37-23-13-11-22(36-3)12-14-23)27(33)31-24(28(34)30-2)16-20-8-5-4-6-9-20/h4-6,8-9,11-14,21,24H,7,10,15-18H2,1-3H3,(H,30,34)(H,31,33)/t21-,24+/m1/s1. The summed E-state index contributed by atoms with van der Waals surface area (Å²) in [4.78, 5) is 49.8. The van der Waals surface area contributed by atoms with Crippen LogP contribution in [0.4, 0.5) is 0 Å². The quantitative estimate of drug-likeness (QED) is 0.214. The van der Waals surface area contributed by atoms with E-state index in [1.807, 2.05) is 30.3 Å². The Morgan fingerprint density at radius 1 is 0.950 bits per heavy atom. The van der Waals surface area contributed by atoms with Gasteiger partial charge in [0.15, 0.2) is 18.1 Å². The lowest BCUT2D eigenvalue weighted by Crippen LogP contribution is -2.49. The number of amides is 2. The summed E-state index contributed by atoms with van der Waals surface area (Å²) < 4.78 is 25.8. The van der Waals surface area contributed by atoms with Crippen molar-refractivity contribution in [3.8, 4) is 11.5 Å². The molecule has 0 bridgehead atoms. The Morgan fingerprint density at radius 3 is 2.27 bits per heavy atom. The molecule has 2 atom stereocenters. The molecule has 2 aromatic carbocycles. The van der Waals surface area contributed by atoms with E-state index < -0.39 is 29.7 Å². The molecule has 214 valence electrons. The van der Waals surface area contributed by atoms with Crippen LogP contribution in [-0.2, 0) is 32.1 Å². The molecule has 0 unspecified atom stereocenters. The predicted molar refractivity (Wildman–Crippen MR) is 144 cm³/mol. The van der Waals surface area contributed by atoms with Crippen molar-refractivity contribution in [2.45, 2.75) is 45.3 Å². The van der Waals surface area contributed by atoms with Gasteiger partial charge in [0.05, 0.1) is 20.1 Å². The minimum absolute atomic E-state index is 0.0924. The Balaban J connectivity index is 1.64. The number of nitrogens with one attached hydrogen (secondary N) is 2. The number of carbonyl (C=O) groups excluding carboxylic acids is 3. The summed E-state index contributed by atoms with van der Waals surface area (Å²) in [5.41, 5.74) is 0.872. The molecule has 1 heterocycles. The van der Waals surface area contributed by atoms with E-state index in [9.17, 15) is 19.2 Å². The second-order valence-corrected chi connectivity index (χ2v) is 9.03. The molecule has 0 aliphatic rings. The maximum absolute atomic E-state index is 13.3. The first kappa shape index (κ1) is 30.0. The van der Waals surface area contributed by atoms with Crippen LogP contribution in [0.1, 0.15) is 36.3 Å². The minimum Gasteiger partial charge on any atom is -0.497 e. The molecule has 0 spiro atoms. The fourth-order valence-corrected chi connectivity index (χ4v) is 3.95. The normalized spacial score (nSPS) is 12.2. The first-order valence-corrected chi connectivity index (χ1v) is 12.9. The van der Waals surface area contributed by atoms with Gasteiger partial charge in [0, 0.05) is 19.4 Å². The van der Waals surface area contributed by atoms with Crippen LogP contribution in [0.5, 0.6) is 11.5 Å². The second-order valence-electron chi connectivity index (χ2n) is 9.03. The molecule has 11 nitrogen and oxygen atoms in total. The lowest BCUT2D eigenvalue weighted by Gasteiger charge is -2.22. The predicted octanol–water partition coefficient (Wildman–Crippen LogP) is 2.93. The number of hydrogen-bond donors (Lipinski definition) is 2. The summed E-state index contributed by atoms with van der Waals surface area (Å²) in [6.45, 7) is 1.51. The molecule has 0 radical (unpaired) electrons. The van der Waals surface area contributed by atoms with E-state index in [0.29, 0.717) is 30.9 Å². The van der Waals surface area contributed by atoms with Gasteiger partial charge in [0.2, 0.25) is 11.8 Å². The summed E-state index contributed by atoms with van der Waals surface area (Å²) in [5.74, 6) is -1.53. The number of ether oxygens (including phenoxy) is 3. The number of carbonyl (C=O) groups is 3. The fraction of sp³-hybridized carbons (Fsp3) is 0.379. The van der Waals surface area contributed by atoms with Crippen LogP contribution in [0, 0.1) is 12.8 Å². The highest BCUT2D eigenvalue weighted by atomic mass is 16.6. The van der Waals surface area contributed by atoms with E-state index in [4.69, 9.17) is 23.0 Å². The van der Waals surface area contributed by atoms with Gasteiger partial charge in [0.1, 0.15) is 17.5 Å². The first-order valence-electron chi connectivity index (χ1n) is 12.9. The summed E-state index contributed by atoms with van der Waals surface area (Å²) in [7, 11) is 3.07. The molecule has 0 fully saturated rings. The highest BCUT2D eigenvalue weighted by molar-refractivity contribution is 5.90. The number of benzene rings is 2. The van der Waals surface area contributed by atoms with E-state index >= 15 is 0 Å². The SMILES string of the molecule is CNC(=O)[C@H](Cc1ccccc1)NC(=O)[C@H](CCCOc1ccc(OC)cc1)CC(=O)OCc1oc(=O)oc1C. The lowest BCUT2D eigenvalue weighted by atomic mass is 9.97. The molecular formula is C29H34N2O9. The van der Waals surface area contributed by atoms with Gasteiger partial charge in [0.25, 0.3) is 0 Å². The van der Waals surface area contributed by atoms with Gasteiger partial charge in [-0.1, -0.05) is 30.3 Å². The molecule has 3 aromatic rings. The highest BCUT2D eigenvalue weighted by Crippen LogP contribution is 2.19. The van der Waals surface area contributed by atoms with Crippen molar-refractivity contribution in [3.63, 3.8) is 0 Å². The van der Waals surface area contributed by atoms with Gasteiger partial charge >= 0.3 is 11.8 Å². The number of methoxy groups -OCH3 is 1. The Morgan fingerprint density at radius 2 is 1.65 bits per heavy atom. The van der Waals surface area contributed by atoms with Crippen LogP contribution in [0.3, 0.4) is 0 Å². The molecule has 0 saturated carbocycles. The van der Waals surface area contributed by atoms with E-state index in [-0.39, 0.29) is 36.9 Å². The van der Waals surface area contributed by atoms with Gasteiger partial charge in [-0.25, -0.2) is 4.79 Å². The summed E-state index contributed by atoms with van der Waals surface area (Å²) in [5, 5.41) is 5.37. The number of likely N-dealkylation sites (N-methyl/N-ethyl adjacent to an activating group) is 1. The van der Waals surface area contributed by atoms with Crippen molar-refractivity contribution >= 4 is 17.8 Å². The molecular weight excluding hydrogens is 520 g/mol.